The topological polar surface area (TPSA) is 62.1 Å². The second-order valence-electron chi connectivity index (χ2n) is 8.49. The molecule has 0 radical (unpaired) electrons. The third-order valence-corrected chi connectivity index (χ3v) is 5.64. The zero-order chi connectivity index (χ0) is 20.9. The number of rotatable bonds is 6. The summed E-state index contributed by atoms with van der Waals surface area (Å²) >= 11 is 0. The lowest BCUT2D eigenvalue weighted by molar-refractivity contribution is -0.122. The molecular formula is C25H30N2O2. The molecule has 29 heavy (non-hydrogen) atoms. The maximum atomic E-state index is 13.5. The van der Waals surface area contributed by atoms with E-state index in [4.69, 9.17) is 4.74 Å². The average Bonchev–Trinajstić information content (AvgIpc) is 2.73. The average molecular weight is 391 g/mol. The SMILES string of the molecule is Cc1cccc(C2(C(=O)Nc3ccc(OCC(C)C)c(C#N)c3)CCCCC2)c1. The molecule has 2 aromatic carbocycles. The van der Waals surface area contributed by atoms with Crippen LogP contribution in [0.4, 0.5) is 5.69 Å². The van der Waals surface area contributed by atoms with Gasteiger partial charge in [-0.25, -0.2) is 0 Å². The van der Waals surface area contributed by atoms with Crippen LogP contribution in [0.3, 0.4) is 0 Å². The van der Waals surface area contributed by atoms with Gasteiger partial charge in [0.2, 0.25) is 5.91 Å². The molecule has 2 aromatic rings. The summed E-state index contributed by atoms with van der Waals surface area (Å²) < 4.78 is 5.73. The minimum absolute atomic E-state index is 0.0162. The predicted octanol–water partition coefficient (Wildman–Crippen LogP) is 5.74. The smallest absolute Gasteiger partial charge is 0.235 e. The molecule has 0 spiro atoms. The third kappa shape index (κ3) is 4.79. The van der Waals surface area contributed by atoms with Crippen LogP contribution in [0, 0.1) is 24.2 Å². The van der Waals surface area contributed by atoms with Gasteiger partial charge in [0.05, 0.1) is 17.6 Å². The minimum atomic E-state index is -0.510. The maximum absolute atomic E-state index is 13.5. The lowest BCUT2D eigenvalue weighted by Gasteiger charge is -2.36. The summed E-state index contributed by atoms with van der Waals surface area (Å²) in [6.07, 6.45) is 4.97. The van der Waals surface area contributed by atoms with E-state index in [0.29, 0.717) is 29.5 Å². The quantitative estimate of drug-likeness (QED) is 0.684. The third-order valence-electron chi connectivity index (χ3n) is 5.64. The summed E-state index contributed by atoms with van der Waals surface area (Å²) in [5.41, 5.74) is 2.83. The number of nitriles is 1. The molecule has 1 aliphatic carbocycles. The Labute approximate surface area is 173 Å². The van der Waals surface area contributed by atoms with E-state index >= 15 is 0 Å². The first kappa shape index (κ1) is 20.9. The van der Waals surface area contributed by atoms with Crippen LogP contribution in [-0.2, 0) is 10.2 Å². The molecule has 3 rings (SSSR count). The largest absolute Gasteiger partial charge is 0.492 e. The second kappa shape index (κ2) is 9.13. The number of benzene rings is 2. The van der Waals surface area contributed by atoms with Crippen LogP contribution in [0.1, 0.15) is 62.6 Å². The first-order valence-corrected chi connectivity index (χ1v) is 10.5. The molecule has 0 bridgehead atoms. The van der Waals surface area contributed by atoms with Gasteiger partial charge < -0.3 is 10.1 Å². The van der Waals surface area contributed by atoms with Gasteiger partial charge in [-0.1, -0.05) is 62.9 Å². The first-order chi connectivity index (χ1) is 13.9. The number of carbonyl (C=O) groups excluding carboxylic acids is 1. The van der Waals surface area contributed by atoms with E-state index in [1.807, 2.05) is 12.1 Å². The van der Waals surface area contributed by atoms with E-state index in [2.05, 4.69) is 50.4 Å². The fraction of sp³-hybridized carbons (Fsp3) is 0.440. The molecule has 1 saturated carbocycles. The second-order valence-corrected chi connectivity index (χ2v) is 8.49. The highest BCUT2D eigenvalue weighted by Gasteiger charge is 2.41. The van der Waals surface area contributed by atoms with Gasteiger partial charge in [0.1, 0.15) is 11.8 Å². The van der Waals surface area contributed by atoms with E-state index in [-0.39, 0.29) is 5.91 Å². The number of nitrogens with zero attached hydrogens (tertiary/aromatic N) is 1. The zero-order valence-electron chi connectivity index (χ0n) is 17.6. The normalized spacial score (nSPS) is 15.6. The Kier molecular flexibility index (Phi) is 6.59. The highest BCUT2D eigenvalue weighted by Crippen LogP contribution is 2.41. The number of ether oxygens (including phenoxy) is 1. The van der Waals surface area contributed by atoms with E-state index in [0.717, 1.165) is 31.2 Å². The van der Waals surface area contributed by atoms with Crippen molar-refractivity contribution in [2.24, 2.45) is 5.92 Å². The van der Waals surface area contributed by atoms with Crippen molar-refractivity contribution in [2.75, 3.05) is 11.9 Å². The molecule has 0 atom stereocenters. The Morgan fingerprint density at radius 2 is 1.93 bits per heavy atom. The monoisotopic (exact) mass is 390 g/mol. The Bertz CT molecular complexity index is 905. The molecule has 0 heterocycles. The van der Waals surface area contributed by atoms with Gasteiger partial charge in [-0.2, -0.15) is 5.26 Å². The van der Waals surface area contributed by atoms with E-state index < -0.39 is 5.41 Å². The lowest BCUT2D eigenvalue weighted by atomic mass is 9.68. The molecule has 0 aliphatic heterocycles. The van der Waals surface area contributed by atoms with Crippen LogP contribution >= 0.6 is 0 Å². The Balaban J connectivity index is 1.86. The molecule has 1 N–H and O–H groups in total. The fourth-order valence-electron chi connectivity index (χ4n) is 4.07. The van der Waals surface area contributed by atoms with Crippen molar-refractivity contribution in [3.05, 3.63) is 59.2 Å². The van der Waals surface area contributed by atoms with E-state index in [9.17, 15) is 10.1 Å². The van der Waals surface area contributed by atoms with Crippen LogP contribution in [0.5, 0.6) is 5.75 Å². The van der Waals surface area contributed by atoms with Crippen LogP contribution in [0.15, 0.2) is 42.5 Å². The highest BCUT2D eigenvalue weighted by molar-refractivity contribution is 5.99. The molecule has 152 valence electrons. The maximum Gasteiger partial charge on any atom is 0.235 e. The number of nitrogens with one attached hydrogen (secondary N) is 1. The Morgan fingerprint density at radius 1 is 1.17 bits per heavy atom. The number of carbonyl (C=O) groups is 1. The summed E-state index contributed by atoms with van der Waals surface area (Å²) in [6, 6.07) is 15.8. The van der Waals surface area contributed by atoms with Gasteiger partial charge in [-0.3, -0.25) is 4.79 Å². The van der Waals surface area contributed by atoms with Crippen molar-refractivity contribution in [3.63, 3.8) is 0 Å². The van der Waals surface area contributed by atoms with Crippen molar-refractivity contribution < 1.29 is 9.53 Å². The fourth-order valence-corrected chi connectivity index (χ4v) is 4.07. The minimum Gasteiger partial charge on any atom is -0.492 e. The van der Waals surface area contributed by atoms with Crippen molar-refractivity contribution in [3.8, 4) is 11.8 Å². The van der Waals surface area contributed by atoms with Crippen molar-refractivity contribution >= 4 is 11.6 Å². The summed E-state index contributed by atoms with van der Waals surface area (Å²) in [5, 5.41) is 12.6. The zero-order valence-corrected chi connectivity index (χ0v) is 17.6. The van der Waals surface area contributed by atoms with Gasteiger partial charge >= 0.3 is 0 Å². The van der Waals surface area contributed by atoms with Gasteiger partial charge in [0.25, 0.3) is 0 Å². The molecular weight excluding hydrogens is 360 g/mol. The highest BCUT2D eigenvalue weighted by atomic mass is 16.5. The van der Waals surface area contributed by atoms with Crippen molar-refractivity contribution in [2.45, 2.75) is 58.3 Å². The van der Waals surface area contributed by atoms with E-state index in [1.54, 1.807) is 12.1 Å². The summed E-state index contributed by atoms with van der Waals surface area (Å²) in [5.74, 6) is 0.953. The van der Waals surface area contributed by atoms with Gasteiger partial charge in [-0.15, -0.1) is 0 Å². The summed E-state index contributed by atoms with van der Waals surface area (Å²) in [6.45, 7) is 6.75. The Hall–Kier alpha value is -2.80. The molecule has 0 saturated heterocycles. The number of hydrogen-bond donors (Lipinski definition) is 1. The van der Waals surface area contributed by atoms with Gasteiger partial charge in [-0.05, 0) is 49.4 Å². The van der Waals surface area contributed by atoms with Crippen molar-refractivity contribution in [1.82, 2.24) is 0 Å². The Morgan fingerprint density at radius 3 is 2.59 bits per heavy atom. The molecule has 1 fully saturated rings. The van der Waals surface area contributed by atoms with Crippen LogP contribution in [0.25, 0.3) is 0 Å². The summed E-state index contributed by atoms with van der Waals surface area (Å²) in [7, 11) is 0. The number of amides is 1. The molecule has 0 unspecified atom stereocenters. The van der Waals surface area contributed by atoms with Crippen molar-refractivity contribution in [1.29, 1.82) is 5.26 Å². The molecule has 1 amide bonds. The molecule has 0 aromatic heterocycles. The van der Waals surface area contributed by atoms with E-state index in [1.165, 1.54) is 12.0 Å². The molecule has 4 nitrogen and oxygen atoms in total. The number of hydrogen-bond acceptors (Lipinski definition) is 3. The summed E-state index contributed by atoms with van der Waals surface area (Å²) in [4.78, 5) is 13.5. The predicted molar refractivity (Wildman–Crippen MR) is 116 cm³/mol. The number of aryl methyl sites for hydroxylation is 1. The lowest BCUT2D eigenvalue weighted by Crippen LogP contribution is -2.42. The number of anilines is 1. The standard InChI is InChI=1S/C25H30N2O2/c1-18(2)17-29-23-11-10-22(15-20(23)16-26)27-24(28)25(12-5-4-6-13-25)21-9-7-8-19(3)14-21/h7-11,14-15,18H,4-6,12-13,17H2,1-3H3,(H,27,28). The van der Waals surface area contributed by atoms with Crippen LogP contribution in [0.2, 0.25) is 0 Å². The van der Waals surface area contributed by atoms with Gasteiger partial charge in [0, 0.05) is 5.69 Å². The van der Waals surface area contributed by atoms with Crippen LogP contribution < -0.4 is 10.1 Å². The molecule has 1 aliphatic rings. The van der Waals surface area contributed by atoms with Crippen LogP contribution in [-0.4, -0.2) is 12.5 Å². The van der Waals surface area contributed by atoms with Gasteiger partial charge in [0.15, 0.2) is 0 Å². The molecule has 4 heteroatoms. The first-order valence-electron chi connectivity index (χ1n) is 10.5.